The first-order valence-corrected chi connectivity index (χ1v) is 11.6. The zero-order valence-corrected chi connectivity index (χ0v) is 17.4. The summed E-state index contributed by atoms with van der Waals surface area (Å²) in [4.78, 5) is 0. The molecule has 0 fully saturated rings. The molecule has 0 heterocycles. The molecule has 1 atom stereocenters. The molecule has 1 radical (unpaired) electrons. The molecule has 0 nitrogen and oxygen atoms in total. The van der Waals surface area contributed by atoms with Crippen LogP contribution in [-0.4, -0.2) is 0 Å². The molecule has 0 rings (SSSR count). The molecule has 0 aromatic heterocycles. The van der Waals surface area contributed by atoms with Gasteiger partial charge in [0.25, 0.3) is 0 Å². The van der Waals surface area contributed by atoms with Crippen molar-refractivity contribution in [1.29, 1.82) is 0 Å². The zero-order chi connectivity index (χ0) is 17.7. The maximum absolute atomic E-state index is 4.08. The van der Waals surface area contributed by atoms with E-state index in [9.17, 15) is 0 Å². The van der Waals surface area contributed by atoms with Crippen LogP contribution >= 0.6 is 0 Å². The van der Waals surface area contributed by atoms with Crippen molar-refractivity contribution in [3.63, 3.8) is 0 Å². The van der Waals surface area contributed by atoms with Crippen LogP contribution in [0.15, 0.2) is 0 Å². The first kappa shape index (κ1) is 24.0. The van der Waals surface area contributed by atoms with Gasteiger partial charge in [0, 0.05) is 0 Å². The molecule has 0 spiro atoms. The summed E-state index contributed by atoms with van der Waals surface area (Å²) in [6, 6.07) is 0. The molecule has 0 aliphatic carbocycles. The fourth-order valence-corrected chi connectivity index (χ4v) is 3.86. The van der Waals surface area contributed by atoms with Crippen LogP contribution in [0.1, 0.15) is 142 Å². The third kappa shape index (κ3) is 18.3. The Labute approximate surface area is 155 Å². The summed E-state index contributed by atoms with van der Waals surface area (Å²) in [6.45, 7) is 8.68. The molecule has 0 aliphatic heterocycles. The highest BCUT2D eigenvalue weighted by Gasteiger charge is 2.07. The van der Waals surface area contributed by atoms with E-state index in [4.69, 9.17) is 0 Å². The van der Waals surface area contributed by atoms with Crippen LogP contribution in [0.2, 0.25) is 0 Å². The lowest BCUT2D eigenvalue weighted by Gasteiger charge is -2.15. The SMILES string of the molecule is [CH2]CCC(CCCCCC)CCCCCCCCCCCCCC. The first-order valence-electron chi connectivity index (χ1n) is 11.6. The van der Waals surface area contributed by atoms with E-state index >= 15 is 0 Å². The Bertz CT molecular complexity index is 208. The predicted molar refractivity (Wildman–Crippen MR) is 113 cm³/mol. The zero-order valence-electron chi connectivity index (χ0n) is 17.4. The second kappa shape index (κ2) is 21.0. The lowest BCUT2D eigenvalue weighted by molar-refractivity contribution is 0.383. The van der Waals surface area contributed by atoms with Gasteiger partial charge >= 0.3 is 0 Å². The van der Waals surface area contributed by atoms with Gasteiger partial charge in [-0.25, -0.2) is 0 Å². The Morgan fingerprint density at radius 3 is 1.17 bits per heavy atom. The quantitative estimate of drug-likeness (QED) is 0.194. The Kier molecular flexibility index (Phi) is 21.0. The monoisotopic (exact) mass is 337 g/mol. The van der Waals surface area contributed by atoms with Crippen LogP contribution in [-0.2, 0) is 0 Å². The Morgan fingerprint density at radius 2 is 0.792 bits per heavy atom. The highest BCUT2D eigenvalue weighted by molar-refractivity contribution is 4.62. The van der Waals surface area contributed by atoms with Gasteiger partial charge in [0.05, 0.1) is 0 Å². The minimum absolute atomic E-state index is 0.975. The molecule has 0 aliphatic rings. The van der Waals surface area contributed by atoms with Crippen LogP contribution in [0.4, 0.5) is 0 Å². The molecule has 1 unspecified atom stereocenters. The van der Waals surface area contributed by atoms with Gasteiger partial charge in [0.1, 0.15) is 0 Å². The lowest BCUT2D eigenvalue weighted by atomic mass is 9.91. The predicted octanol–water partition coefficient (Wildman–Crippen LogP) is 9.28. The van der Waals surface area contributed by atoms with Crippen LogP contribution in [0.25, 0.3) is 0 Å². The minimum Gasteiger partial charge on any atom is -0.0654 e. The third-order valence-corrected chi connectivity index (χ3v) is 5.54. The molecule has 145 valence electrons. The molecule has 0 aromatic rings. The molecule has 0 saturated heterocycles. The molecule has 0 aromatic carbocycles. The maximum Gasteiger partial charge on any atom is -0.0414 e. The number of unbranched alkanes of at least 4 members (excludes halogenated alkanes) is 14. The maximum atomic E-state index is 4.08. The van der Waals surface area contributed by atoms with E-state index in [-0.39, 0.29) is 0 Å². The van der Waals surface area contributed by atoms with Crippen molar-refractivity contribution < 1.29 is 0 Å². The third-order valence-electron chi connectivity index (χ3n) is 5.54. The summed E-state index contributed by atoms with van der Waals surface area (Å²) in [5.41, 5.74) is 0. The summed E-state index contributed by atoms with van der Waals surface area (Å²) in [7, 11) is 0. The highest BCUT2D eigenvalue weighted by Crippen LogP contribution is 2.23. The van der Waals surface area contributed by atoms with Crippen molar-refractivity contribution in [2.75, 3.05) is 0 Å². The van der Waals surface area contributed by atoms with Crippen molar-refractivity contribution in [3.05, 3.63) is 6.92 Å². The fraction of sp³-hybridized carbons (Fsp3) is 0.958. The van der Waals surface area contributed by atoms with Crippen LogP contribution in [0.3, 0.4) is 0 Å². The van der Waals surface area contributed by atoms with Crippen LogP contribution in [0.5, 0.6) is 0 Å². The molecule has 0 amide bonds. The van der Waals surface area contributed by atoms with Gasteiger partial charge in [-0.05, 0) is 5.92 Å². The summed E-state index contributed by atoms with van der Waals surface area (Å²) in [5, 5.41) is 0. The van der Waals surface area contributed by atoms with E-state index in [2.05, 4.69) is 20.8 Å². The van der Waals surface area contributed by atoms with Crippen LogP contribution < -0.4 is 0 Å². The molecular formula is C24H49. The topological polar surface area (TPSA) is 0 Å². The van der Waals surface area contributed by atoms with Gasteiger partial charge in [-0.1, -0.05) is 149 Å². The Hall–Kier alpha value is 0. The van der Waals surface area contributed by atoms with Gasteiger partial charge < -0.3 is 0 Å². The Morgan fingerprint density at radius 1 is 0.458 bits per heavy atom. The molecule has 0 N–H and O–H groups in total. The average Bonchev–Trinajstić information content (AvgIpc) is 2.59. The van der Waals surface area contributed by atoms with Crippen molar-refractivity contribution in [1.82, 2.24) is 0 Å². The fourth-order valence-electron chi connectivity index (χ4n) is 3.86. The summed E-state index contributed by atoms with van der Waals surface area (Å²) in [6.07, 6.45) is 28.7. The average molecular weight is 338 g/mol. The van der Waals surface area contributed by atoms with Gasteiger partial charge in [-0.3, -0.25) is 0 Å². The van der Waals surface area contributed by atoms with Crippen molar-refractivity contribution in [2.45, 2.75) is 142 Å². The van der Waals surface area contributed by atoms with Crippen LogP contribution in [0, 0.1) is 12.8 Å². The van der Waals surface area contributed by atoms with E-state index < -0.39 is 0 Å². The van der Waals surface area contributed by atoms with E-state index in [1.165, 1.54) is 122 Å². The summed E-state index contributed by atoms with van der Waals surface area (Å²) >= 11 is 0. The largest absolute Gasteiger partial charge is 0.0654 e. The molecular weight excluding hydrogens is 288 g/mol. The standard InChI is InChI=1S/C24H49/c1-4-7-9-11-12-13-14-15-16-17-18-20-23-24(21-6-3)22-19-10-8-5-2/h24H,3-23H2,1-2H3. The number of hydrogen-bond acceptors (Lipinski definition) is 0. The molecule has 0 heteroatoms. The highest BCUT2D eigenvalue weighted by atomic mass is 14.1. The smallest absolute Gasteiger partial charge is 0.0414 e. The van der Waals surface area contributed by atoms with Gasteiger partial charge in [-0.15, -0.1) is 0 Å². The molecule has 0 saturated carbocycles. The van der Waals surface area contributed by atoms with Crippen molar-refractivity contribution in [2.24, 2.45) is 5.92 Å². The number of hydrogen-bond donors (Lipinski definition) is 0. The second-order valence-corrected chi connectivity index (χ2v) is 8.04. The number of rotatable bonds is 20. The van der Waals surface area contributed by atoms with E-state index in [0.717, 1.165) is 12.3 Å². The lowest BCUT2D eigenvalue weighted by Crippen LogP contribution is -2.00. The summed E-state index contributed by atoms with van der Waals surface area (Å²) in [5.74, 6) is 0.975. The van der Waals surface area contributed by atoms with Gasteiger partial charge in [0.15, 0.2) is 0 Å². The Balaban J connectivity index is 3.32. The summed E-state index contributed by atoms with van der Waals surface area (Å²) < 4.78 is 0. The van der Waals surface area contributed by atoms with E-state index in [1.807, 2.05) is 0 Å². The minimum atomic E-state index is 0.975. The van der Waals surface area contributed by atoms with E-state index in [1.54, 1.807) is 0 Å². The first-order chi connectivity index (χ1) is 11.8. The van der Waals surface area contributed by atoms with Gasteiger partial charge in [0.2, 0.25) is 0 Å². The van der Waals surface area contributed by atoms with Crippen molar-refractivity contribution in [3.8, 4) is 0 Å². The normalized spacial score (nSPS) is 12.6. The van der Waals surface area contributed by atoms with E-state index in [0.29, 0.717) is 0 Å². The van der Waals surface area contributed by atoms with Crippen molar-refractivity contribution >= 4 is 0 Å². The van der Waals surface area contributed by atoms with Gasteiger partial charge in [-0.2, -0.15) is 0 Å². The molecule has 24 heavy (non-hydrogen) atoms. The molecule has 0 bridgehead atoms. The second-order valence-electron chi connectivity index (χ2n) is 8.04.